The summed E-state index contributed by atoms with van der Waals surface area (Å²) in [6, 6.07) is 11.4. The summed E-state index contributed by atoms with van der Waals surface area (Å²) < 4.78 is 0. The van der Waals surface area contributed by atoms with Crippen LogP contribution in [0.25, 0.3) is 0 Å². The number of H-pyrrole nitrogens is 1. The third kappa shape index (κ3) is 3.89. The molecule has 4 rings (SSSR count). The fourth-order valence-corrected chi connectivity index (χ4v) is 4.20. The van der Waals surface area contributed by atoms with E-state index in [1.807, 2.05) is 41.3 Å². The summed E-state index contributed by atoms with van der Waals surface area (Å²) in [6.45, 7) is 0.723. The first-order valence-corrected chi connectivity index (χ1v) is 9.94. The van der Waals surface area contributed by atoms with Gasteiger partial charge in [0.25, 0.3) is 11.8 Å². The number of benzene rings is 1. The number of likely N-dealkylation sites (tertiary alicyclic amines) is 1. The third-order valence-electron chi connectivity index (χ3n) is 5.66. The molecule has 1 atom stereocenters. The molecule has 2 heterocycles. The largest absolute Gasteiger partial charge is 0.348 e. The Bertz CT molecular complexity index is 796. The fraction of sp³-hybridized carbons (Fsp3) is 0.476. The van der Waals surface area contributed by atoms with E-state index in [9.17, 15) is 9.59 Å². The van der Waals surface area contributed by atoms with Gasteiger partial charge in [-0.3, -0.25) is 14.7 Å². The Morgan fingerprint density at radius 3 is 2.56 bits per heavy atom. The van der Waals surface area contributed by atoms with Gasteiger partial charge in [0.2, 0.25) is 0 Å². The summed E-state index contributed by atoms with van der Waals surface area (Å²) in [4.78, 5) is 27.3. The first-order chi connectivity index (χ1) is 13.2. The molecular weight excluding hydrogens is 340 g/mol. The van der Waals surface area contributed by atoms with E-state index in [0.29, 0.717) is 11.3 Å². The molecule has 2 aliphatic rings. The van der Waals surface area contributed by atoms with E-state index in [0.717, 1.165) is 44.3 Å². The van der Waals surface area contributed by atoms with Crippen LogP contribution in [0.5, 0.6) is 0 Å². The number of carbonyl (C=O) groups excluding carboxylic acids is 2. The van der Waals surface area contributed by atoms with E-state index in [4.69, 9.17) is 0 Å². The standard InChI is InChI=1S/C21H26N4O2/c26-20(22-16-10-4-5-11-16)18-14-17(23-24-18)19-12-6-7-13-25(19)21(27)15-8-2-1-3-9-15/h1-3,8-9,14,16,19H,4-7,10-13H2,(H,22,26)(H,23,24). The van der Waals surface area contributed by atoms with Crippen molar-refractivity contribution in [2.24, 2.45) is 0 Å². The van der Waals surface area contributed by atoms with Crippen LogP contribution < -0.4 is 5.32 Å². The number of nitrogens with zero attached hydrogens (tertiary/aromatic N) is 2. The molecule has 1 unspecified atom stereocenters. The quantitative estimate of drug-likeness (QED) is 0.870. The summed E-state index contributed by atoms with van der Waals surface area (Å²) in [5, 5.41) is 10.3. The highest BCUT2D eigenvalue weighted by Gasteiger charge is 2.30. The van der Waals surface area contributed by atoms with Crippen LogP contribution in [0.2, 0.25) is 0 Å². The number of hydrogen-bond donors (Lipinski definition) is 2. The highest BCUT2D eigenvalue weighted by molar-refractivity contribution is 5.95. The number of carbonyl (C=O) groups is 2. The predicted molar refractivity (Wildman–Crippen MR) is 102 cm³/mol. The zero-order valence-corrected chi connectivity index (χ0v) is 15.5. The van der Waals surface area contributed by atoms with Crippen molar-refractivity contribution in [1.82, 2.24) is 20.4 Å². The lowest BCUT2D eigenvalue weighted by molar-refractivity contribution is 0.0606. The van der Waals surface area contributed by atoms with Gasteiger partial charge in [-0.15, -0.1) is 0 Å². The van der Waals surface area contributed by atoms with Gasteiger partial charge in [-0.05, 0) is 50.3 Å². The summed E-state index contributed by atoms with van der Waals surface area (Å²) >= 11 is 0. The van der Waals surface area contributed by atoms with E-state index in [1.54, 1.807) is 0 Å². The van der Waals surface area contributed by atoms with Crippen LogP contribution in [0.15, 0.2) is 36.4 Å². The molecule has 1 aromatic carbocycles. The molecule has 142 valence electrons. The molecular formula is C21H26N4O2. The van der Waals surface area contributed by atoms with Crippen molar-refractivity contribution in [2.75, 3.05) is 6.54 Å². The smallest absolute Gasteiger partial charge is 0.271 e. The predicted octanol–water partition coefficient (Wildman–Crippen LogP) is 3.45. The summed E-state index contributed by atoms with van der Waals surface area (Å²) in [6.07, 6.45) is 7.38. The van der Waals surface area contributed by atoms with E-state index in [-0.39, 0.29) is 23.9 Å². The van der Waals surface area contributed by atoms with Crippen molar-refractivity contribution >= 4 is 11.8 Å². The summed E-state index contributed by atoms with van der Waals surface area (Å²) in [7, 11) is 0. The average molecular weight is 366 g/mol. The van der Waals surface area contributed by atoms with Crippen LogP contribution in [0.4, 0.5) is 0 Å². The minimum Gasteiger partial charge on any atom is -0.348 e. The van der Waals surface area contributed by atoms with Crippen LogP contribution in [0, 0.1) is 0 Å². The Balaban J connectivity index is 1.50. The molecule has 0 spiro atoms. The monoisotopic (exact) mass is 366 g/mol. The molecule has 27 heavy (non-hydrogen) atoms. The van der Waals surface area contributed by atoms with Gasteiger partial charge in [-0.25, -0.2) is 0 Å². The van der Waals surface area contributed by atoms with Crippen molar-refractivity contribution < 1.29 is 9.59 Å². The topological polar surface area (TPSA) is 78.1 Å². The van der Waals surface area contributed by atoms with Crippen LogP contribution in [-0.2, 0) is 0 Å². The van der Waals surface area contributed by atoms with Crippen molar-refractivity contribution in [3.8, 4) is 0 Å². The molecule has 1 aromatic heterocycles. The minimum absolute atomic E-state index is 0.0341. The van der Waals surface area contributed by atoms with Crippen molar-refractivity contribution in [3.05, 3.63) is 53.3 Å². The van der Waals surface area contributed by atoms with Crippen LogP contribution >= 0.6 is 0 Å². The number of nitrogens with one attached hydrogen (secondary N) is 2. The van der Waals surface area contributed by atoms with Gasteiger partial charge in [0.15, 0.2) is 0 Å². The van der Waals surface area contributed by atoms with Crippen LogP contribution in [0.1, 0.15) is 77.5 Å². The van der Waals surface area contributed by atoms with Gasteiger partial charge >= 0.3 is 0 Å². The molecule has 2 aromatic rings. The zero-order valence-electron chi connectivity index (χ0n) is 15.5. The van der Waals surface area contributed by atoms with Gasteiger partial charge < -0.3 is 10.2 Å². The molecule has 2 fully saturated rings. The lowest BCUT2D eigenvalue weighted by atomic mass is 9.98. The second-order valence-corrected chi connectivity index (χ2v) is 7.54. The lowest BCUT2D eigenvalue weighted by Crippen LogP contribution is -2.38. The molecule has 1 aliphatic heterocycles. The molecule has 6 heteroatoms. The molecule has 2 amide bonds. The maximum atomic E-state index is 13.0. The van der Waals surface area contributed by atoms with Crippen LogP contribution in [-0.4, -0.2) is 39.5 Å². The lowest BCUT2D eigenvalue weighted by Gasteiger charge is -2.35. The van der Waals surface area contributed by atoms with Gasteiger partial charge in [0.05, 0.1) is 11.7 Å². The number of aromatic amines is 1. The van der Waals surface area contributed by atoms with E-state index in [1.165, 1.54) is 12.8 Å². The molecule has 0 bridgehead atoms. The molecule has 2 N–H and O–H groups in total. The maximum Gasteiger partial charge on any atom is 0.271 e. The number of aromatic nitrogens is 2. The molecule has 1 aliphatic carbocycles. The molecule has 6 nitrogen and oxygen atoms in total. The summed E-state index contributed by atoms with van der Waals surface area (Å²) in [5.41, 5.74) is 1.95. The maximum absolute atomic E-state index is 13.0. The normalized spacial score (nSPS) is 20.6. The zero-order chi connectivity index (χ0) is 18.6. The average Bonchev–Trinajstić information content (AvgIpc) is 3.40. The van der Waals surface area contributed by atoms with Crippen molar-refractivity contribution in [1.29, 1.82) is 0 Å². The fourth-order valence-electron chi connectivity index (χ4n) is 4.20. The van der Waals surface area contributed by atoms with E-state index in [2.05, 4.69) is 15.5 Å². The number of piperidine rings is 1. The van der Waals surface area contributed by atoms with Crippen LogP contribution in [0.3, 0.4) is 0 Å². The van der Waals surface area contributed by atoms with Gasteiger partial charge in [0.1, 0.15) is 5.69 Å². The summed E-state index contributed by atoms with van der Waals surface area (Å²) in [5.74, 6) is -0.0898. The minimum atomic E-state index is -0.124. The van der Waals surface area contributed by atoms with E-state index < -0.39 is 0 Å². The van der Waals surface area contributed by atoms with Crippen molar-refractivity contribution in [2.45, 2.75) is 57.0 Å². The Labute approximate surface area is 159 Å². The third-order valence-corrected chi connectivity index (χ3v) is 5.66. The van der Waals surface area contributed by atoms with E-state index >= 15 is 0 Å². The van der Waals surface area contributed by atoms with Crippen molar-refractivity contribution in [3.63, 3.8) is 0 Å². The van der Waals surface area contributed by atoms with Gasteiger partial charge in [0, 0.05) is 18.2 Å². The Kier molecular flexibility index (Phi) is 5.23. The second kappa shape index (κ2) is 7.94. The number of rotatable bonds is 4. The Morgan fingerprint density at radius 1 is 1.04 bits per heavy atom. The molecule has 1 saturated heterocycles. The SMILES string of the molecule is O=C(NC1CCCC1)c1cc(C2CCCCN2C(=O)c2ccccc2)[nH]n1. The Morgan fingerprint density at radius 2 is 1.78 bits per heavy atom. The first kappa shape index (κ1) is 17.8. The highest BCUT2D eigenvalue weighted by Crippen LogP contribution is 2.31. The number of hydrogen-bond acceptors (Lipinski definition) is 3. The highest BCUT2D eigenvalue weighted by atomic mass is 16.2. The van der Waals surface area contributed by atoms with Gasteiger partial charge in [-0.1, -0.05) is 31.0 Å². The molecule has 0 radical (unpaired) electrons. The second-order valence-electron chi connectivity index (χ2n) is 7.54. The first-order valence-electron chi connectivity index (χ1n) is 9.94. The van der Waals surface area contributed by atoms with Gasteiger partial charge in [-0.2, -0.15) is 5.10 Å². The number of amides is 2. The Hall–Kier alpha value is -2.63. The molecule has 1 saturated carbocycles.